The maximum atomic E-state index is 13.0. The zero-order valence-electron chi connectivity index (χ0n) is 12.9. The van der Waals surface area contributed by atoms with Gasteiger partial charge in [0.2, 0.25) is 10.0 Å². The number of sulfonamides is 1. The molecule has 1 aliphatic heterocycles. The van der Waals surface area contributed by atoms with E-state index in [1.54, 1.807) is 17.4 Å². The van der Waals surface area contributed by atoms with E-state index in [-0.39, 0.29) is 6.04 Å². The molecule has 0 spiro atoms. The Labute approximate surface area is 132 Å². The van der Waals surface area contributed by atoms with E-state index in [0.29, 0.717) is 17.0 Å². The van der Waals surface area contributed by atoms with Gasteiger partial charge >= 0.3 is 0 Å². The van der Waals surface area contributed by atoms with E-state index in [1.807, 2.05) is 31.7 Å². The first kappa shape index (κ1) is 16.6. The maximum Gasteiger partial charge on any atom is 0.243 e. The van der Waals surface area contributed by atoms with Gasteiger partial charge in [0.1, 0.15) is 0 Å². The molecular formula is C15H24N2O2S2. The summed E-state index contributed by atoms with van der Waals surface area (Å²) in [5.74, 6) is 1.91. The average molecular weight is 329 g/mol. The topological polar surface area (TPSA) is 63.4 Å². The number of nitrogens with zero attached hydrogens (tertiary/aromatic N) is 1. The van der Waals surface area contributed by atoms with E-state index in [4.69, 9.17) is 5.73 Å². The smallest absolute Gasteiger partial charge is 0.243 e. The highest BCUT2D eigenvalue weighted by Crippen LogP contribution is 2.31. The first-order valence-electron chi connectivity index (χ1n) is 7.38. The van der Waals surface area contributed by atoms with Crippen molar-refractivity contribution < 1.29 is 8.42 Å². The van der Waals surface area contributed by atoms with Gasteiger partial charge in [0.15, 0.2) is 0 Å². The van der Waals surface area contributed by atoms with E-state index < -0.39 is 10.0 Å². The van der Waals surface area contributed by atoms with Crippen molar-refractivity contribution in [3.63, 3.8) is 0 Å². The fraction of sp³-hybridized carbons (Fsp3) is 0.600. The molecule has 1 unspecified atom stereocenters. The van der Waals surface area contributed by atoms with Crippen molar-refractivity contribution in [2.45, 2.75) is 44.0 Å². The molecule has 118 valence electrons. The minimum absolute atomic E-state index is 0.0937. The lowest BCUT2D eigenvalue weighted by Gasteiger charge is -2.25. The van der Waals surface area contributed by atoms with Crippen molar-refractivity contribution in [1.82, 2.24) is 4.31 Å². The van der Waals surface area contributed by atoms with E-state index in [9.17, 15) is 8.42 Å². The molecule has 0 radical (unpaired) electrons. The van der Waals surface area contributed by atoms with Crippen LogP contribution in [0.3, 0.4) is 0 Å². The molecule has 0 aromatic heterocycles. The minimum Gasteiger partial charge on any atom is -0.398 e. The van der Waals surface area contributed by atoms with Crippen LogP contribution in [0, 0.1) is 0 Å². The Bertz CT molecular complexity index is 608. The fourth-order valence-corrected chi connectivity index (χ4v) is 5.82. The van der Waals surface area contributed by atoms with Crippen LogP contribution in [0.25, 0.3) is 0 Å². The second-order valence-corrected chi connectivity index (χ2v) is 8.52. The molecule has 1 heterocycles. The van der Waals surface area contributed by atoms with E-state index >= 15 is 0 Å². The number of hydrogen-bond acceptors (Lipinski definition) is 4. The van der Waals surface area contributed by atoms with Crippen LogP contribution in [-0.2, 0) is 22.9 Å². The fourth-order valence-electron chi connectivity index (χ4n) is 2.70. The number of thioether (sulfide) groups is 1. The molecule has 1 aliphatic rings. The van der Waals surface area contributed by atoms with Crippen LogP contribution in [0.2, 0.25) is 0 Å². The second-order valence-electron chi connectivity index (χ2n) is 5.41. The van der Waals surface area contributed by atoms with Crippen LogP contribution in [0.5, 0.6) is 0 Å². The summed E-state index contributed by atoms with van der Waals surface area (Å²) in [6, 6.07) is 3.78. The van der Waals surface area contributed by atoms with Gasteiger partial charge in [-0.25, -0.2) is 8.42 Å². The summed E-state index contributed by atoms with van der Waals surface area (Å²) in [6.45, 7) is 3.95. The Morgan fingerprint density at radius 2 is 2.05 bits per heavy atom. The molecule has 1 saturated heterocycles. The van der Waals surface area contributed by atoms with Crippen molar-refractivity contribution in [3.8, 4) is 0 Å². The molecule has 2 rings (SSSR count). The van der Waals surface area contributed by atoms with Crippen molar-refractivity contribution in [3.05, 3.63) is 23.3 Å². The quantitative estimate of drug-likeness (QED) is 0.844. The van der Waals surface area contributed by atoms with Crippen LogP contribution in [0.4, 0.5) is 5.69 Å². The first-order valence-corrected chi connectivity index (χ1v) is 9.98. The van der Waals surface area contributed by atoms with Gasteiger partial charge in [-0.3, -0.25) is 0 Å². The number of aryl methyl sites for hydroxylation is 1. The zero-order valence-corrected chi connectivity index (χ0v) is 14.6. The van der Waals surface area contributed by atoms with Crippen molar-refractivity contribution >= 4 is 27.5 Å². The summed E-state index contributed by atoms with van der Waals surface area (Å²) in [5, 5.41) is 0. The molecule has 1 fully saturated rings. The molecule has 2 N–H and O–H groups in total. The molecule has 1 aromatic carbocycles. The Morgan fingerprint density at radius 3 is 2.57 bits per heavy atom. The van der Waals surface area contributed by atoms with Crippen LogP contribution in [-0.4, -0.2) is 37.3 Å². The van der Waals surface area contributed by atoms with Gasteiger partial charge in [0, 0.05) is 24.5 Å². The first-order chi connectivity index (χ1) is 9.91. The van der Waals surface area contributed by atoms with Crippen LogP contribution >= 0.6 is 11.8 Å². The van der Waals surface area contributed by atoms with Gasteiger partial charge in [-0.1, -0.05) is 13.8 Å². The predicted molar refractivity (Wildman–Crippen MR) is 90.3 cm³/mol. The monoisotopic (exact) mass is 328 g/mol. The summed E-state index contributed by atoms with van der Waals surface area (Å²) in [5.41, 5.74) is 8.37. The minimum atomic E-state index is -3.48. The SMILES string of the molecule is CCc1cc(N)c(CC)c(S(=O)(=O)N(C)C2CCSC2)c1. The molecule has 1 atom stereocenters. The number of nitrogen functional groups attached to an aromatic ring is 1. The molecule has 6 heteroatoms. The van der Waals surface area contributed by atoms with Crippen molar-refractivity contribution in [1.29, 1.82) is 0 Å². The van der Waals surface area contributed by atoms with Gasteiger partial charge in [0.25, 0.3) is 0 Å². The Morgan fingerprint density at radius 1 is 1.33 bits per heavy atom. The van der Waals surface area contributed by atoms with Crippen LogP contribution < -0.4 is 5.73 Å². The predicted octanol–water partition coefficient (Wildman–Crippen LogP) is 2.52. The highest BCUT2D eigenvalue weighted by atomic mass is 32.2. The lowest BCUT2D eigenvalue weighted by Crippen LogP contribution is -2.37. The molecule has 0 aliphatic carbocycles. The van der Waals surface area contributed by atoms with Gasteiger partial charge in [-0.15, -0.1) is 0 Å². The van der Waals surface area contributed by atoms with Gasteiger partial charge in [-0.2, -0.15) is 16.1 Å². The lowest BCUT2D eigenvalue weighted by molar-refractivity contribution is 0.394. The molecule has 1 aromatic rings. The zero-order chi connectivity index (χ0) is 15.6. The average Bonchev–Trinajstić information content (AvgIpc) is 2.99. The Balaban J connectivity index is 2.49. The molecule has 21 heavy (non-hydrogen) atoms. The van der Waals surface area contributed by atoms with Crippen molar-refractivity contribution in [2.75, 3.05) is 24.3 Å². The molecule has 0 bridgehead atoms. The molecule has 4 nitrogen and oxygen atoms in total. The maximum absolute atomic E-state index is 13.0. The highest BCUT2D eigenvalue weighted by molar-refractivity contribution is 7.99. The third-order valence-electron chi connectivity index (χ3n) is 4.14. The van der Waals surface area contributed by atoms with Gasteiger partial charge in [0.05, 0.1) is 4.90 Å². The van der Waals surface area contributed by atoms with Gasteiger partial charge in [-0.05, 0) is 48.3 Å². The largest absolute Gasteiger partial charge is 0.398 e. The van der Waals surface area contributed by atoms with Crippen LogP contribution in [0.15, 0.2) is 17.0 Å². The summed E-state index contributed by atoms with van der Waals surface area (Å²) in [6.07, 6.45) is 2.32. The number of hydrogen-bond donors (Lipinski definition) is 1. The van der Waals surface area contributed by atoms with E-state index in [1.165, 1.54) is 0 Å². The van der Waals surface area contributed by atoms with E-state index in [0.717, 1.165) is 35.5 Å². The Hall–Kier alpha value is -0.720. The number of nitrogens with two attached hydrogens (primary N) is 1. The summed E-state index contributed by atoms with van der Waals surface area (Å²) < 4.78 is 27.5. The Kier molecular flexibility index (Phi) is 5.22. The number of rotatable bonds is 5. The number of benzene rings is 1. The third-order valence-corrected chi connectivity index (χ3v) is 7.26. The third kappa shape index (κ3) is 3.22. The lowest BCUT2D eigenvalue weighted by atomic mass is 10.1. The molecule has 0 saturated carbocycles. The summed E-state index contributed by atoms with van der Waals surface area (Å²) >= 11 is 1.81. The van der Waals surface area contributed by atoms with Crippen LogP contribution in [0.1, 0.15) is 31.4 Å². The van der Waals surface area contributed by atoms with E-state index in [2.05, 4.69) is 0 Å². The molecule has 0 amide bonds. The highest BCUT2D eigenvalue weighted by Gasteiger charge is 2.32. The normalized spacial score (nSPS) is 19.3. The number of anilines is 1. The second kappa shape index (κ2) is 6.58. The summed E-state index contributed by atoms with van der Waals surface area (Å²) in [4.78, 5) is 0.390. The van der Waals surface area contributed by atoms with Crippen molar-refractivity contribution in [2.24, 2.45) is 0 Å². The molecular weight excluding hydrogens is 304 g/mol. The summed E-state index contributed by atoms with van der Waals surface area (Å²) in [7, 11) is -1.79. The van der Waals surface area contributed by atoms with Gasteiger partial charge < -0.3 is 5.73 Å². The standard InChI is InChI=1S/C15H24N2O2S2/c1-4-11-8-14(16)13(5-2)15(9-11)21(18,19)17(3)12-6-7-20-10-12/h8-9,12H,4-7,10,16H2,1-3H3.